The van der Waals surface area contributed by atoms with E-state index >= 15 is 0 Å². The first kappa shape index (κ1) is 11.6. The van der Waals surface area contributed by atoms with Gasteiger partial charge in [0.1, 0.15) is 0 Å². The van der Waals surface area contributed by atoms with Crippen LogP contribution in [0.2, 0.25) is 0 Å². The lowest BCUT2D eigenvalue weighted by molar-refractivity contribution is -0.0319. The molecule has 2 unspecified atom stereocenters. The van der Waals surface area contributed by atoms with Crippen molar-refractivity contribution in [1.29, 1.82) is 0 Å². The minimum Gasteiger partial charge on any atom is -0.374 e. The topological polar surface area (TPSA) is 38.5 Å². The Balaban J connectivity index is 1.90. The van der Waals surface area contributed by atoms with Crippen LogP contribution in [-0.4, -0.2) is 43.8 Å². The molecule has 1 saturated heterocycles. The van der Waals surface area contributed by atoms with Crippen LogP contribution in [-0.2, 0) is 11.2 Å². The molecule has 0 saturated carbocycles. The number of hydrogen-bond acceptors (Lipinski definition) is 3. The van der Waals surface area contributed by atoms with Crippen LogP contribution in [0.25, 0.3) is 0 Å². The Morgan fingerprint density at radius 2 is 2.19 bits per heavy atom. The van der Waals surface area contributed by atoms with Gasteiger partial charge < -0.3 is 15.4 Å². The minimum absolute atomic E-state index is 0.0881. The van der Waals surface area contributed by atoms with Crippen molar-refractivity contribution in [1.82, 2.24) is 4.90 Å². The standard InChI is InChI=1S/C13H20N2O/c1-15-7-8-16-13(10-15)12(14)9-11-5-3-2-4-6-11/h2-6,12-13H,7-10,14H2,1H3. The van der Waals surface area contributed by atoms with Gasteiger partial charge in [0.25, 0.3) is 0 Å². The van der Waals surface area contributed by atoms with Crippen molar-refractivity contribution in [2.45, 2.75) is 18.6 Å². The van der Waals surface area contributed by atoms with Gasteiger partial charge in [0.05, 0.1) is 12.7 Å². The second kappa shape index (κ2) is 5.43. The van der Waals surface area contributed by atoms with E-state index in [1.165, 1.54) is 5.56 Å². The molecule has 0 radical (unpaired) electrons. The molecule has 1 aromatic rings. The smallest absolute Gasteiger partial charge is 0.0856 e. The summed E-state index contributed by atoms with van der Waals surface area (Å²) < 4.78 is 5.72. The van der Waals surface area contributed by atoms with Gasteiger partial charge >= 0.3 is 0 Å². The van der Waals surface area contributed by atoms with E-state index in [1.807, 2.05) is 6.07 Å². The zero-order chi connectivity index (χ0) is 11.4. The van der Waals surface area contributed by atoms with Crippen molar-refractivity contribution in [2.24, 2.45) is 5.73 Å². The SMILES string of the molecule is CN1CCOC(C(N)Cc2ccccc2)C1. The second-order valence-electron chi connectivity index (χ2n) is 4.53. The highest BCUT2D eigenvalue weighted by Crippen LogP contribution is 2.10. The van der Waals surface area contributed by atoms with Crippen LogP contribution in [0.3, 0.4) is 0 Å². The van der Waals surface area contributed by atoms with Crippen LogP contribution >= 0.6 is 0 Å². The van der Waals surface area contributed by atoms with Gasteiger partial charge in [-0.2, -0.15) is 0 Å². The summed E-state index contributed by atoms with van der Waals surface area (Å²) >= 11 is 0. The Hall–Kier alpha value is -0.900. The lowest BCUT2D eigenvalue weighted by Gasteiger charge is -2.33. The number of ether oxygens (including phenoxy) is 1. The van der Waals surface area contributed by atoms with Gasteiger partial charge in [-0.25, -0.2) is 0 Å². The fourth-order valence-corrected chi connectivity index (χ4v) is 2.09. The van der Waals surface area contributed by atoms with Crippen LogP contribution in [0.5, 0.6) is 0 Å². The van der Waals surface area contributed by atoms with Crippen molar-refractivity contribution >= 4 is 0 Å². The average Bonchev–Trinajstić information content (AvgIpc) is 2.30. The minimum atomic E-state index is 0.0881. The first-order valence-electron chi connectivity index (χ1n) is 5.85. The third kappa shape index (κ3) is 3.04. The molecule has 1 aliphatic rings. The summed E-state index contributed by atoms with van der Waals surface area (Å²) in [5.74, 6) is 0. The summed E-state index contributed by atoms with van der Waals surface area (Å²) in [6.07, 6.45) is 1.05. The molecule has 1 aromatic carbocycles. The Morgan fingerprint density at radius 1 is 1.44 bits per heavy atom. The Bertz CT molecular complexity index is 315. The molecule has 1 fully saturated rings. The van der Waals surface area contributed by atoms with Crippen LogP contribution in [0, 0.1) is 0 Å². The molecule has 0 aromatic heterocycles. The molecule has 0 spiro atoms. The highest BCUT2D eigenvalue weighted by atomic mass is 16.5. The summed E-state index contributed by atoms with van der Waals surface area (Å²) in [5, 5.41) is 0. The molecule has 0 bridgehead atoms. The number of hydrogen-bond donors (Lipinski definition) is 1. The molecule has 0 aliphatic carbocycles. The lowest BCUT2D eigenvalue weighted by Crippen LogP contribution is -2.50. The molecule has 3 nitrogen and oxygen atoms in total. The fourth-order valence-electron chi connectivity index (χ4n) is 2.09. The molecule has 1 heterocycles. The fraction of sp³-hybridized carbons (Fsp3) is 0.538. The van der Waals surface area contributed by atoms with E-state index in [1.54, 1.807) is 0 Å². The van der Waals surface area contributed by atoms with Crippen molar-refractivity contribution < 1.29 is 4.74 Å². The molecule has 88 valence electrons. The Labute approximate surface area is 97.2 Å². The molecule has 0 amide bonds. The molecule has 3 heteroatoms. The van der Waals surface area contributed by atoms with E-state index in [4.69, 9.17) is 10.5 Å². The first-order valence-corrected chi connectivity index (χ1v) is 5.85. The zero-order valence-corrected chi connectivity index (χ0v) is 9.80. The van der Waals surface area contributed by atoms with E-state index in [9.17, 15) is 0 Å². The van der Waals surface area contributed by atoms with Gasteiger partial charge in [0.2, 0.25) is 0 Å². The first-order chi connectivity index (χ1) is 7.75. The van der Waals surface area contributed by atoms with Crippen molar-refractivity contribution in [3.05, 3.63) is 35.9 Å². The highest BCUT2D eigenvalue weighted by molar-refractivity contribution is 5.16. The van der Waals surface area contributed by atoms with Gasteiger partial charge in [-0.1, -0.05) is 30.3 Å². The number of nitrogens with two attached hydrogens (primary N) is 1. The van der Waals surface area contributed by atoms with Gasteiger partial charge in [-0.15, -0.1) is 0 Å². The Morgan fingerprint density at radius 3 is 2.88 bits per heavy atom. The molecule has 2 N–H and O–H groups in total. The van der Waals surface area contributed by atoms with Crippen LogP contribution in [0.1, 0.15) is 5.56 Å². The second-order valence-corrected chi connectivity index (χ2v) is 4.53. The monoisotopic (exact) mass is 220 g/mol. The zero-order valence-electron chi connectivity index (χ0n) is 9.80. The van der Waals surface area contributed by atoms with Crippen molar-refractivity contribution in [3.63, 3.8) is 0 Å². The van der Waals surface area contributed by atoms with Crippen molar-refractivity contribution in [2.75, 3.05) is 26.7 Å². The van der Waals surface area contributed by atoms with E-state index in [2.05, 4.69) is 36.2 Å². The summed E-state index contributed by atoms with van der Waals surface area (Å²) in [5.41, 5.74) is 7.48. The third-order valence-electron chi connectivity index (χ3n) is 3.09. The third-order valence-corrected chi connectivity index (χ3v) is 3.09. The molecular weight excluding hydrogens is 200 g/mol. The maximum Gasteiger partial charge on any atom is 0.0856 e. The summed E-state index contributed by atoms with van der Waals surface area (Å²) in [6.45, 7) is 2.74. The number of nitrogens with zero attached hydrogens (tertiary/aromatic N) is 1. The summed E-state index contributed by atoms with van der Waals surface area (Å²) in [6, 6.07) is 10.5. The Kier molecular flexibility index (Phi) is 3.93. The predicted octanol–water partition coefficient (Wildman–Crippen LogP) is 0.887. The number of benzene rings is 1. The molecule has 1 aliphatic heterocycles. The molecule has 2 rings (SSSR count). The number of likely N-dealkylation sites (N-methyl/N-ethyl adjacent to an activating group) is 1. The van der Waals surface area contributed by atoms with Crippen LogP contribution in [0.4, 0.5) is 0 Å². The summed E-state index contributed by atoms with van der Waals surface area (Å²) in [7, 11) is 2.12. The maximum absolute atomic E-state index is 6.19. The lowest BCUT2D eigenvalue weighted by atomic mass is 10.0. The van der Waals surface area contributed by atoms with Crippen LogP contribution < -0.4 is 5.73 Å². The van der Waals surface area contributed by atoms with E-state index in [0.717, 1.165) is 26.1 Å². The van der Waals surface area contributed by atoms with E-state index in [0.29, 0.717) is 0 Å². The number of rotatable bonds is 3. The molecule has 2 atom stereocenters. The quantitative estimate of drug-likeness (QED) is 0.822. The molecular formula is C13H20N2O. The van der Waals surface area contributed by atoms with Gasteiger partial charge in [0.15, 0.2) is 0 Å². The largest absolute Gasteiger partial charge is 0.374 e. The van der Waals surface area contributed by atoms with E-state index in [-0.39, 0.29) is 12.1 Å². The van der Waals surface area contributed by atoms with Gasteiger partial charge in [0, 0.05) is 19.1 Å². The van der Waals surface area contributed by atoms with Gasteiger partial charge in [-0.05, 0) is 19.0 Å². The molecule has 16 heavy (non-hydrogen) atoms. The predicted molar refractivity (Wildman–Crippen MR) is 65.4 cm³/mol. The van der Waals surface area contributed by atoms with Crippen molar-refractivity contribution in [3.8, 4) is 0 Å². The van der Waals surface area contributed by atoms with Crippen LogP contribution in [0.15, 0.2) is 30.3 Å². The maximum atomic E-state index is 6.19. The average molecular weight is 220 g/mol. The van der Waals surface area contributed by atoms with Gasteiger partial charge in [-0.3, -0.25) is 0 Å². The summed E-state index contributed by atoms with van der Waals surface area (Å²) in [4.78, 5) is 2.28. The normalized spacial score (nSPS) is 24.2. The van der Waals surface area contributed by atoms with E-state index < -0.39 is 0 Å². The highest BCUT2D eigenvalue weighted by Gasteiger charge is 2.23. The number of morpholine rings is 1.